The maximum absolute atomic E-state index is 6.01. The molecule has 2 rings (SSSR count). The number of rotatable bonds is 6. The molecule has 1 aromatic heterocycles. The van der Waals surface area contributed by atoms with Crippen LogP contribution in [0.2, 0.25) is 0 Å². The van der Waals surface area contributed by atoms with Crippen LogP contribution in [0.15, 0.2) is 6.07 Å². The standard InChI is InChI=1S/C15H26N4O2/c1-4-20-10-13-17-12(19-16)9-14(18-13)21-11-5-7-15(2,3)8-6-11/h9,11H,4-8,10,16H2,1-3H3,(H,17,18,19). The van der Waals surface area contributed by atoms with Crippen molar-refractivity contribution in [2.45, 2.75) is 59.2 Å². The van der Waals surface area contributed by atoms with E-state index in [9.17, 15) is 0 Å². The largest absolute Gasteiger partial charge is 0.474 e. The molecule has 21 heavy (non-hydrogen) atoms. The van der Waals surface area contributed by atoms with Crippen molar-refractivity contribution in [2.75, 3.05) is 12.0 Å². The van der Waals surface area contributed by atoms with Crippen molar-refractivity contribution in [3.05, 3.63) is 11.9 Å². The normalized spacial score (nSPS) is 18.5. The summed E-state index contributed by atoms with van der Waals surface area (Å²) in [5.41, 5.74) is 2.97. The molecule has 3 N–H and O–H groups in total. The molecule has 1 saturated carbocycles. The van der Waals surface area contributed by atoms with E-state index < -0.39 is 0 Å². The van der Waals surface area contributed by atoms with Gasteiger partial charge in [0.15, 0.2) is 5.82 Å². The quantitative estimate of drug-likeness (QED) is 0.620. The third kappa shape index (κ3) is 4.82. The lowest BCUT2D eigenvalue weighted by Gasteiger charge is -2.34. The van der Waals surface area contributed by atoms with Crippen LogP contribution in [0.1, 0.15) is 52.3 Å². The van der Waals surface area contributed by atoms with E-state index in [1.54, 1.807) is 6.07 Å². The molecule has 0 bridgehead atoms. The summed E-state index contributed by atoms with van der Waals surface area (Å²) < 4.78 is 11.4. The summed E-state index contributed by atoms with van der Waals surface area (Å²) in [5, 5.41) is 0. The zero-order chi connectivity index (χ0) is 15.3. The summed E-state index contributed by atoms with van der Waals surface area (Å²) in [6.45, 7) is 7.54. The fourth-order valence-corrected chi connectivity index (χ4v) is 2.53. The lowest BCUT2D eigenvalue weighted by atomic mass is 9.76. The van der Waals surface area contributed by atoms with Gasteiger partial charge in [-0.2, -0.15) is 4.98 Å². The molecule has 118 valence electrons. The van der Waals surface area contributed by atoms with Gasteiger partial charge in [0, 0.05) is 12.7 Å². The molecule has 6 heteroatoms. The van der Waals surface area contributed by atoms with Crippen molar-refractivity contribution < 1.29 is 9.47 Å². The summed E-state index contributed by atoms with van der Waals surface area (Å²) in [5.74, 6) is 7.14. The molecule has 0 radical (unpaired) electrons. The molecule has 0 amide bonds. The van der Waals surface area contributed by atoms with E-state index in [1.807, 2.05) is 6.92 Å². The highest BCUT2D eigenvalue weighted by atomic mass is 16.5. The molecule has 0 aliphatic heterocycles. The molecule has 1 aromatic rings. The van der Waals surface area contributed by atoms with Gasteiger partial charge >= 0.3 is 0 Å². The van der Waals surface area contributed by atoms with Gasteiger partial charge in [0.1, 0.15) is 18.5 Å². The average molecular weight is 294 g/mol. The highest BCUT2D eigenvalue weighted by Gasteiger charge is 2.28. The van der Waals surface area contributed by atoms with Crippen LogP contribution in [-0.2, 0) is 11.3 Å². The van der Waals surface area contributed by atoms with Crippen molar-refractivity contribution in [3.63, 3.8) is 0 Å². The second-order valence-electron chi connectivity index (χ2n) is 6.27. The summed E-state index contributed by atoms with van der Waals surface area (Å²) in [6, 6.07) is 1.73. The first-order chi connectivity index (χ1) is 10.0. The van der Waals surface area contributed by atoms with Gasteiger partial charge in [0.25, 0.3) is 0 Å². The first kappa shape index (κ1) is 16.0. The van der Waals surface area contributed by atoms with E-state index in [0.29, 0.717) is 36.2 Å². The van der Waals surface area contributed by atoms with E-state index in [-0.39, 0.29) is 6.10 Å². The Morgan fingerprint density at radius 2 is 2.05 bits per heavy atom. The van der Waals surface area contributed by atoms with E-state index >= 15 is 0 Å². The van der Waals surface area contributed by atoms with Crippen LogP contribution >= 0.6 is 0 Å². The fourth-order valence-electron chi connectivity index (χ4n) is 2.53. The number of aromatic nitrogens is 2. The number of hydrazine groups is 1. The Morgan fingerprint density at radius 1 is 1.33 bits per heavy atom. The molecule has 6 nitrogen and oxygen atoms in total. The Labute approximate surface area is 126 Å². The van der Waals surface area contributed by atoms with E-state index in [2.05, 4.69) is 29.2 Å². The second kappa shape index (κ2) is 7.04. The Bertz CT molecular complexity index is 455. The van der Waals surface area contributed by atoms with Gasteiger partial charge in [-0.05, 0) is 38.0 Å². The van der Waals surface area contributed by atoms with Crippen LogP contribution in [0.3, 0.4) is 0 Å². The Morgan fingerprint density at radius 3 is 2.67 bits per heavy atom. The zero-order valence-corrected chi connectivity index (χ0v) is 13.2. The highest BCUT2D eigenvalue weighted by Crippen LogP contribution is 2.36. The van der Waals surface area contributed by atoms with Crippen molar-refractivity contribution in [3.8, 4) is 5.88 Å². The Kier molecular flexibility index (Phi) is 5.36. The average Bonchev–Trinajstić information content (AvgIpc) is 2.47. The van der Waals surface area contributed by atoms with Gasteiger partial charge in [-0.1, -0.05) is 13.8 Å². The first-order valence-electron chi connectivity index (χ1n) is 7.61. The molecule has 1 aliphatic rings. The third-order valence-electron chi connectivity index (χ3n) is 3.91. The summed E-state index contributed by atoms with van der Waals surface area (Å²) >= 11 is 0. The number of hydrogen-bond acceptors (Lipinski definition) is 6. The SMILES string of the molecule is CCOCc1nc(NN)cc(OC2CCC(C)(C)CC2)n1. The number of nitrogens with zero attached hydrogens (tertiary/aromatic N) is 2. The predicted molar refractivity (Wildman–Crippen MR) is 81.8 cm³/mol. The van der Waals surface area contributed by atoms with Gasteiger partial charge in [-0.3, -0.25) is 0 Å². The minimum Gasteiger partial charge on any atom is -0.474 e. The van der Waals surface area contributed by atoms with E-state index in [4.69, 9.17) is 15.3 Å². The van der Waals surface area contributed by atoms with Gasteiger partial charge in [-0.15, -0.1) is 0 Å². The predicted octanol–water partition coefficient (Wildman–Crippen LogP) is 2.65. The monoisotopic (exact) mass is 294 g/mol. The topological polar surface area (TPSA) is 82.3 Å². The zero-order valence-electron chi connectivity index (χ0n) is 13.2. The summed E-state index contributed by atoms with van der Waals surface area (Å²) in [7, 11) is 0. The fraction of sp³-hybridized carbons (Fsp3) is 0.733. The highest BCUT2D eigenvalue weighted by molar-refractivity contribution is 5.37. The molecular formula is C15H26N4O2. The minimum atomic E-state index is 0.221. The van der Waals surface area contributed by atoms with Gasteiger partial charge in [0.05, 0.1) is 0 Å². The van der Waals surface area contributed by atoms with Crippen LogP contribution in [0.5, 0.6) is 5.88 Å². The van der Waals surface area contributed by atoms with Crippen LogP contribution in [0.25, 0.3) is 0 Å². The summed E-state index contributed by atoms with van der Waals surface area (Å²) in [4.78, 5) is 8.65. The van der Waals surface area contributed by atoms with Crippen molar-refractivity contribution in [1.29, 1.82) is 0 Å². The van der Waals surface area contributed by atoms with Crippen LogP contribution in [-0.4, -0.2) is 22.7 Å². The van der Waals surface area contributed by atoms with Gasteiger partial charge < -0.3 is 14.9 Å². The molecule has 1 aliphatic carbocycles. The van der Waals surface area contributed by atoms with Crippen molar-refractivity contribution in [1.82, 2.24) is 9.97 Å². The van der Waals surface area contributed by atoms with Gasteiger partial charge in [0.2, 0.25) is 5.88 Å². The number of nitrogen functional groups attached to an aromatic ring is 1. The summed E-state index contributed by atoms with van der Waals surface area (Å²) in [6.07, 6.45) is 4.69. The van der Waals surface area contributed by atoms with Gasteiger partial charge in [-0.25, -0.2) is 10.8 Å². The minimum absolute atomic E-state index is 0.221. The van der Waals surface area contributed by atoms with Crippen LogP contribution in [0.4, 0.5) is 5.82 Å². The van der Waals surface area contributed by atoms with Crippen LogP contribution < -0.4 is 16.0 Å². The number of nitrogens with two attached hydrogens (primary N) is 1. The number of anilines is 1. The molecule has 0 spiro atoms. The lowest BCUT2D eigenvalue weighted by Crippen LogP contribution is -2.28. The van der Waals surface area contributed by atoms with Crippen molar-refractivity contribution >= 4 is 5.82 Å². The smallest absolute Gasteiger partial charge is 0.219 e. The lowest BCUT2D eigenvalue weighted by molar-refractivity contribution is 0.0926. The molecule has 1 fully saturated rings. The van der Waals surface area contributed by atoms with E-state index in [0.717, 1.165) is 12.8 Å². The number of ether oxygens (including phenoxy) is 2. The maximum atomic E-state index is 6.01. The van der Waals surface area contributed by atoms with Crippen LogP contribution in [0, 0.1) is 5.41 Å². The molecule has 0 atom stereocenters. The molecule has 0 saturated heterocycles. The molecule has 0 unspecified atom stereocenters. The maximum Gasteiger partial charge on any atom is 0.219 e. The molecule has 1 heterocycles. The first-order valence-corrected chi connectivity index (χ1v) is 7.61. The number of nitrogens with one attached hydrogen (secondary N) is 1. The van der Waals surface area contributed by atoms with Crippen molar-refractivity contribution in [2.24, 2.45) is 11.3 Å². The third-order valence-corrected chi connectivity index (χ3v) is 3.91. The Balaban J connectivity index is 2.01. The molecule has 0 aromatic carbocycles. The number of hydrogen-bond donors (Lipinski definition) is 2. The second-order valence-corrected chi connectivity index (χ2v) is 6.27. The molecular weight excluding hydrogens is 268 g/mol. The van der Waals surface area contributed by atoms with E-state index in [1.165, 1.54) is 12.8 Å². The Hall–Kier alpha value is -1.40.